The topological polar surface area (TPSA) is 39.1 Å². The second-order valence-corrected chi connectivity index (χ2v) is 6.28. The van der Waals surface area contributed by atoms with E-state index in [1.807, 2.05) is 18.7 Å². The van der Waals surface area contributed by atoms with Crippen LogP contribution in [0.3, 0.4) is 0 Å². The molecule has 1 heterocycles. The average molecular weight is 332 g/mol. The Hall–Kier alpha value is -0.390. The molecule has 0 amide bonds. The van der Waals surface area contributed by atoms with Gasteiger partial charge in [-0.05, 0) is 49.7 Å². The highest BCUT2D eigenvalue weighted by molar-refractivity contribution is 9.10. The fraction of sp³-hybridized carbons (Fsp3) is 0.786. The lowest BCUT2D eigenvalue weighted by Gasteiger charge is -2.34. The Balaban J connectivity index is 2.94. The first-order valence-corrected chi connectivity index (χ1v) is 7.59. The number of methoxy groups -OCH3 is 1. The van der Waals surface area contributed by atoms with E-state index in [-0.39, 0.29) is 11.6 Å². The van der Waals surface area contributed by atoms with E-state index < -0.39 is 0 Å². The van der Waals surface area contributed by atoms with Crippen LogP contribution in [0.25, 0.3) is 0 Å². The van der Waals surface area contributed by atoms with Crippen LogP contribution in [0.1, 0.15) is 38.6 Å². The van der Waals surface area contributed by atoms with Crippen molar-refractivity contribution < 1.29 is 4.74 Å². The van der Waals surface area contributed by atoms with Gasteiger partial charge in [-0.2, -0.15) is 5.10 Å². The van der Waals surface area contributed by atoms with E-state index in [4.69, 9.17) is 4.74 Å². The van der Waals surface area contributed by atoms with E-state index in [0.29, 0.717) is 0 Å². The van der Waals surface area contributed by atoms with Crippen molar-refractivity contribution in [2.24, 2.45) is 7.05 Å². The van der Waals surface area contributed by atoms with E-state index in [1.165, 1.54) is 5.69 Å². The predicted octanol–water partition coefficient (Wildman–Crippen LogP) is 2.83. The number of aryl methyl sites for hydroxylation is 2. The number of nitrogens with zero attached hydrogens (tertiary/aromatic N) is 2. The van der Waals surface area contributed by atoms with Gasteiger partial charge in [0.1, 0.15) is 0 Å². The van der Waals surface area contributed by atoms with Crippen LogP contribution in [-0.2, 0) is 18.2 Å². The smallest absolute Gasteiger partial charge is 0.0778 e. The molecule has 0 fully saturated rings. The largest absolute Gasteiger partial charge is 0.377 e. The van der Waals surface area contributed by atoms with Crippen molar-refractivity contribution >= 4 is 15.9 Å². The number of rotatable bonds is 7. The van der Waals surface area contributed by atoms with Gasteiger partial charge in [-0.3, -0.25) is 4.68 Å². The average Bonchev–Trinajstić information content (AvgIpc) is 2.60. The van der Waals surface area contributed by atoms with Gasteiger partial charge in [0, 0.05) is 26.6 Å². The molecule has 1 unspecified atom stereocenters. The van der Waals surface area contributed by atoms with Gasteiger partial charge in [0.15, 0.2) is 0 Å². The molecule has 1 N–H and O–H groups in total. The van der Waals surface area contributed by atoms with Crippen molar-refractivity contribution in [1.82, 2.24) is 15.1 Å². The fourth-order valence-corrected chi connectivity index (χ4v) is 2.62. The van der Waals surface area contributed by atoms with Gasteiger partial charge in [-0.25, -0.2) is 0 Å². The molecule has 0 radical (unpaired) electrons. The zero-order valence-electron chi connectivity index (χ0n) is 12.9. The van der Waals surface area contributed by atoms with Gasteiger partial charge in [0.25, 0.3) is 0 Å². The second-order valence-electron chi connectivity index (χ2n) is 5.49. The van der Waals surface area contributed by atoms with Crippen LogP contribution in [0.5, 0.6) is 0 Å². The molecular weight excluding hydrogens is 306 g/mol. The Kier molecular flexibility index (Phi) is 6.02. The molecule has 5 heteroatoms. The van der Waals surface area contributed by atoms with Crippen molar-refractivity contribution in [3.8, 4) is 0 Å². The molecule has 0 aromatic carbocycles. The second kappa shape index (κ2) is 6.86. The molecule has 1 aromatic rings. The highest BCUT2D eigenvalue weighted by Crippen LogP contribution is 2.25. The number of halogens is 1. The standard InChI is InChI=1S/C14H26BrN3O/c1-7-8-16-12(14(3,4)19-6)9-11-13(15)10(2)17-18(11)5/h12,16H,7-9H2,1-6H3. The van der Waals surface area contributed by atoms with Gasteiger partial charge in [0.05, 0.1) is 21.5 Å². The summed E-state index contributed by atoms with van der Waals surface area (Å²) in [5.41, 5.74) is 2.02. The first-order valence-electron chi connectivity index (χ1n) is 6.80. The summed E-state index contributed by atoms with van der Waals surface area (Å²) in [6.45, 7) is 9.43. The summed E-state index contributed by atoms with van der Waals surface area (Å²) >= 11 is 3.63. The molecular formula is C14H26BrN3O. The fourth-order valence-electron chi connectivity index (χ4n) is 2.12. The van der Waals surface area contributed by atoms with Gasteiger partial charge in [0.2, 0.25) is 0 Å². The number of aromatic nitrogens is 2. The molecule has 1 aromatic heterocycles. The zero-order valence-corrected chi connectivity index (χ0v) is 14.5. The van der Waals surface area contributed by atoms with Crippen LogP contribution in [-0.4, -0.2) is 35.1 Å². The van der Waals surface area contributed by atoms with Crippen LogP contribution < -0.4 is 5.32 Å². The summed E-state index contributed by atoms with van der Waals surface area (Å²) in [5.74, 6) is 0. The van der Waals surface area contributed by atoms with E-state index in [1.54, 1.807) is 7.11 Å². The van der Waals surface area contributed by atoms with Gasteiger partial charge in [-0.1, -0.05) is 6.92 Å². The maximum atomic E-state index is 5.65. The minimum absolute atomic E-state index is 0.215. The first kappa shape index (κ1) is 16.7. The molecule has 4 nitrogen and oxygen atoms in total. The van der Waals surface area contributed by atoms with Gasteiger partial charge >= 0.3 is 0 Å². The first-order chi connectivity index (χ1) is 8.83. The van der Waals surface area contributed by atoms with Crippen molar-refractivity contribution in [3.05, 3.63) is 15.9 Å². The van der Waals surface area contributed by atoms with Crippen molar-refractivity contribution in [3.63, 3.8) is 0 Å². The molecule has 0 aliphatic heterocycles. The Morgan fingerprint density at radius 2 is 2.11 bits per heavy atom. The Bertz CT molecular complexity index is 415. The molecule has 110 valence electrons. The monoisotopic (exact) mass is 331 g/mol. The normalized spacial score (nSPS) is 13.8. The van der Waals surface area contributed by atoms with E-state index in [2.05, 4.69) is 47.1 Å². The van der Waals surface area contributed by atoms with Crippen molar-refractivity contribution in [1.29, 1.82) is 0 Å². The summed E-state index contributed by atoms with van der Waals surface area (Å²) in [7, 11) is 3.76. The van der Waals surface area contributed by atoms with Gasteiger partial charge in [-0.15, -0.1) is 0 Å². The number of hydrogen-bond acceptors (Lipinski definition) is 3. The van der Waals surface area contributed by atoms with E-state index in [0.717, 1.165) is 29.6 Å². The summed E-state index contributed by atoms with van der Waals surface area (Å²) in [4.78, 5) is 0. The van der Waals surface area contributed by atoms with Crippen LogP contribution >= 0.6 is 15.9 Å². The summed E-state index contributed by atoms with van der Waals surface area (Å²) < 4.78 is 8.70. The third-order valence-corrected chi connectivity index (χ3v) is 4.70. The third-order valence-electron chi connectivity index (χ3n) is 3.67. The third kappa shape index (κ3) is 4.04. The quantitative estimate of drug-likeness (QED) is 0.835. The molecule has 19 heavy (non-hydrogen) atoms. The molecule has 0 spiro atoms. The molecule has 0 aliphatic rings. The SMILES string of the molecule is CCCNC(Cc1c(Br)c(C)nn1C)C(C)(C)OC. The van der Waals surface area contributed by atoms with Crippen LogP contribution in [0, 0.1) is 6.92 Å². The maximum Gasteiger partial charge on any atom is 0.0778 e. The molecule has 0 saturated heterocycles. The minimum atomic E-state index is -0.215. The zero-order chi connectivity index (χ0) is 14.6. The van der Waals surface area contributed by atoms with Crippen LogP contribution in [0.2, 0.25) is 0 Å². The molecule has 1 rings (SSSR count). The highest BCUT2D eigenvalue weighted by atomic mass is 79.9. The van der Waals surface area contributed by atoms with Gasteiger partial charge < -0.3 is 10.1 Å². The molecule has 0 saturated carbocycles. The van der Waals surface area contributed by atoms with E-state index >= 15 is 0 Å². The summed E-state index contributed by atoms with van der Waals surface area (Å²) in [6.07, 6.45) is 2.00. The molecule has 0 aliphatic carbocycles. The number of ether oxygens (including phenoxy) is 1. The van der Waals surface area contributed by atoms with Crippen LogP contribution in [0.15, 0.2) is 4.47 Å². The lowest BCUT2D eigenvalue weighted by molar-refractivity contribution is -0.0105. The number of hydrogen-bond donors (Lipinski definition) is 1. The van der Waals surface area contributed by atoms with Crippen molar-refractivity contribution in [2.75, 3.05) is 13.7 Å². The van der Waals surface area contributed by atoms with Crippen molar-refractivity contribution in [2.45, 2.75) is 52.2 Å². The molecule has 0 bridgehead atoms. The predicted molar refractivity (Wildman–Crippen MR) is 82.5 cm³/mol. The highest BCUT2D eigenvalue weighted by Gasteiger charge is 2.30. The maximum absolute atomic E-state index is 5.65. The van der Waals surface area contributed by atoms with E-state index in [9.17, 15) is 0 Å². The van der Waals surface area contributed by atoms with Crippen LogP contribution in [0.4, 0.5) is 0 Å². The Morgan fingerprint density at radius 3 is 2.53 bits per heavy atom. The summed E-state index contributed by atoms with van der Waals surface area (Å²) in [5, 5.41) is 8.04. The lowest BCUT2D eigenvalue weighted by Crippen LogP contribution is -2.50. The lowest BCUT2D eigenvalue weighted by atomic mass is 9.94. The number of nitrogens with one attached hydrogen (secondary N) is 1. The summed E-state index contributed by atoms with van der Waals surface area (Å²) in [6, 6.07) is 0.253. The molecule has 1 atom stereocenters. The minimum Gasteiger partial charge on any atom is -0.377 e. The Labute approximate surface area is 125 Å². The Morgan fingerprint density at radius 1 is 1.47 bits per heavy atom.